The second-order valence-corrected chi connectivity index (χ2v) is 6.61. The van der Waals surface area contributed by atoms with E-state index in [1.807, 2.05) is 0 Å². The second kappa shape index (κ2) is 7.62. The predicted molar refractivity (Wildman–Crippen MR) is 83.3 cm³/mol. The average Bonchev–Trinajstić information content (AvgIpc) is 2.43. The molecule has 0 spiro atoms. The van der Waals surface area contributed by atoms with Crippen LogP contribution in [0.4, 0.5) is 5.69 Å². The van der Waals surface area contributed by atoms with E-state index in [0.717, 1.165) is 19.4 Å². The summed E-state index contributed by atoms with van der Waals surface area (Å²) in [6.45, 7) is 0.929. The molecule has 0 unspecified atom stereocenters. The smallest absolute Gasteiger partial charge is 0.341 e. The summed E-state index contributed by atoms with van der Waals surface area (Å²) >= 11 is 6.03. The minimum atomic E-state index is -3.68. The Morgan fingerprint density at radius 1 is 1.39 bits per heavy atom. The Labute approximate surface area is 138 Å². The molecule has 0 aliphatic heterocycles. The molecule has 8 nitrogen and oxygen atoms in total. The van der Waals surface area contributed by atoms with Gasteiger partial charge in [-0.3, -0.25) is 8.98 Å². The van der Waals surface area contributed by atoms with Crippen LogP contribution < -0.4 is 5.32 Å². The highest BCUT2D eigenvalue weighted by molar-refractivity contribution is 7.85. The van der Waals surface area contributed by atoms with Crippen molar-refractivity contribution in [3.63, 3.8) is 0 Å². The Morgan fingerprint density at radius 3 is 2.48 bits per heavy atom. The number of phenolic OH excluding ortho intramolecular Hbond substituents is 1. The van der Waals surface area contributed by atoms with E-state index in [0.29, 0.717) is 0 Å². The highest BCUT2D eigenvalue weighted by Gasteiger charge is 2.22. The van der Waals surface area contributed by atoms with Gasteiger partial charge in [0.2, 0.25) is 5.91 Å². The molecule has 0 saturated heterocycles. The van der Waals surface area contributed by atoms with Gasteiger partial charge in [-0.05, 0) is 6.07 Å². The molecule has 128 valence electrons. The topological polar surface area (TPSA) is 119 Å². The maximum absolute atomic E-state index is 11.6. The van der Waals surface area contributed by atoms with E-state index in [1.165, 1.54) is 6.92 Å². The van der Waals surface area contributed by atoms with Crippen LogP contribution in [-0.2, 0) is 30.3 Å². The van der Waals surface area contributed by atoms with Crippen molar-refractivity contribution >= 4 is 39.3 Å². The van der Waals surface area contributed by atoms with E-state index in [9.17, 15) is 23.1 Å². The zero-order valence-corrected chi connectivity index (χ0v) is 14.2. The number of carbonyl (C=O) groups is 2. The number of benzene rings is 1. The van der Waals surface area contributed by atoms with E-state index in [1.54, 1.807) is 0 Å². The van der Waals surface area contributed by atoms with Gasteiger partial charge >= 0.3 is 5.97 Å². The molecule has 0 radical (unpaired) electrons. The summed E-state index contributed by atoms with van der Waals surface area (Å²) in [7, 11) is -2.55. The van der Waals surface area contributed by atoms with E-state index in [2.05, 4.69) is 14.2 Å². The van der Waals surface area contributed by atoms with Crippen LogP contribution in [0, 0.1) is 0 Å². The molecule has 2 N–H and O–H groups in total. The summed E-state index contributed by atoms with van der Waals surface area (Å²) in [5.41, 5.74) is -0.0703. The molecule has 0 fully saturated rings. The molecule has 23 heavy (non-hydrogen) atoms. The lowest BCUT2D eigenvalue weighted by atomic mass is 10.0. The first kappa shape index (κ1) is 19.2. The lowest BCUT2D eigenvalue weighted by Gasteiger charge is -2.16. The Hall–Kier alpha value is -1.84. The fourth-order valence-corrected chi connectivity index (χ4v) is 2.46. The van der Waals surface area contributed by atoms with E-state index >= 15 is 0 Å². The number of ether oxygens (including phenoxy) is 1. The van der Waals surface area contributed by atoms with Gasteiger partial charge in [0.15, 0.2) is 0 Å². The summed E-state index contributed by atoms with van der Waals surface area (Å²) in [5, 5.41) is 12.6. The first-order valence-electron chi connectivity index (χ1n) is 6.31. The number of phenols is 1. The summed E-state index contributed by atoms with van der Waals surface area (Å²) < 4.78 is 31.1. The quantitative estimate of drug-likeness (QED) is 0.576. The zero-order chi connectivity index (χ0) is 17.8. The van der Waals surface area contributed by atoms with Crippen LogP contribution in [0.15, 0.2) is 6.07 Å². The van der Waals surface area contributed by atoms with Gasteiger partial charge < -0.3 is 15.2 Å². The zero-order valence-electron chi connectivity index (χ0n) is 12.7. The average molecular weight is 366 g/mol. The van der Waals surface area contributed by atoms with Crippen molar-refractivity contribution in [1.82, 2.24) is 0 Å². The third-order valence-corrected chi connectivity index (χ3v) is 3.60. The number of nitrogens with one attached hydrogen (secondary N) is 1. The van der Waals surface area contributed by atoms with E-state index in [4.69, 9.17) is 11.6 Å². The third-order valence-electron chi connectivity index (χ3n) is 2.71. The van der Waals surface area contributed by atoms with Gasteiger partial charge in [0.25, 0.3) is 10.1 Å². The SMILES string of the molecule is COC(=O)c1cc(Cl)c(NC(C)=O)c(CCOS(C)(=O)=O)c1O. The summed E-state index contributed by atoms with van der Waals surface area (Å²) in [4.78, 5) is 22.9. The number of esters is 1. The minimum Gasteiger partial charge on any atom is -0.507 e. The van der Waals surface area contributed by atoms with E-state index in [-0.39, 0.29) is 34.9 Å². The number of amides is 1. The van der Waals surface area contributed by atoms with Crippen molar-refractivity contribution in [3.05, 3.63) is 22.2 Å². The molecule has 1 amide bonds. The second-order valence-electron chi connectivity index (χ2n) is 4.56. The molecule has 1 aromatic rings. The Kier molecular flexibility index (Phi) is 6.37. The van der Waals surface area contributed by atoms with Gasteiger partial charge in [0.1, 0.15) is 11.3 Å². The van der Waals surface area contributed by atoms with Crippen molar-refractivity contribution in [3.8, 4) is 5.75 Å². The lowest BCUT2D eigenvalue weighted by Crippen LogP contribution is -2.13. The van der Waals surface area contributed by atoms with Gasteiger partial charge in [-0.25, -0.2) is 4.79 Å². The van der Waals surface area contributed by atoms with E-state index < -0.39 is 27.7 Å². The Morgan fingerprint density at radius 2 is 2.00 bits per heavy atom. The number of carbonyl (C=O) groups excluding carboxylic acids is 2. The summed E-state index contributed by atoms with van der Waals surface area (Å²) in [6.07, 6.45) is 0.762. The molecule has 0 heterocycles. The molecule has 0 aromatic heterocycles. The number of aromatic hydroxyl groups is 1. The third kappa shape index (κ3) is 5.38. The van der Waals surface area contributed by atoms with Crippen LogP contribution in [-0.4, -0.2) is 45.4 Å². The lowest BCUT2D eigenvalue weighted by molar-refractivity contribution is -0.114. The van der Waals surface area contributed by atoms with Crippen molar-refractivity contribution < 1.29 is 32.0 Å². The van der Waals surface area contributed by atoms with Crippen molar-refractivity contribution in [2.75, 3.05) is 25.3 Å². The minimum absolute atomic E-state index is 0.00671. The monoisotopic (exact) mass is 365 g/mol. The van der Waals surface area contributed by atoms with Crippen LogP contribution in [0.25, 0.3) is 0 Å². The fraction of sp³-hybridized carbons (Fsp3) is 0.385. The molecule has 0 saturated carbocycles. The number of methoxy groups -OCH3 is 1. The van der Waals surface area contributed by atoms with Gasteiger partial charge in [0, 0.05) is 18.9 Å². The highest BCUT2D eigenvalue weighted by atomic mass is 35.5. The predicted octanol–water partition coefficient (Wildman–Crippen LogP) is 1.31. The molecule has 10 heteroatoms. The van der Waals surface area contributed by atoms with Gasteiger partial charge in [-0.15, -0.1) is 0 Å². The molecule has 1 rings (SSSR count). The first-order valence-corrected chi connectivity index (χ1v) is 8.51. The molecule has 0 bridgehead atoms. The van der Waals surface area contributed by atoms with Crippen LogP contribution in [0.3, 0.4) is 0 Å². The highest BCUT2D eigenvalue weighted by Crippen LogP contribution is 2.37. The standard InChI is InChI=1S/C13H16ClNO7S/c1-7(16)15-11-8(4-5-22-23(3,19)20)12(17)9(6-10(11)14)13(18)21-2/h6,17H,4-5H2,1-3H3,(H,15,16). The number of rotatable bonds is 6. The maximum Gasteiger partial charge on any atom is 0.341 e. The van der Waals surface area contributed by atoms with Crippen molar-refractivity contribution in [2.24, 2.45) is 0 Å². The molecule has 0 aliphatic rings. The largest absolute Gasteiger partial charge is 0.507 e. The van der Waals surface area contributed by atoms with Crippen LogP contribution in [0.2, 0.25) is 5.02 Å². The van der Waals surface area contributed by atoms with Crippen molar-refractivity contribution in [2.45, 2.75) is 13.3 Å². The summed E-state index contributed by atoms with van der Waals surface area (Å²) in [5.74, 6) is -1.76. The maximum atomic E-state index is 11.6. The Balaban J connectivity index is 3.32. The van der Waals surface area contributed by atoms with Gasteiger partial charge in [-0.1, -0.05) is 11.6 Å². The van der Waals surface area contributed by atoms with Gasteiger partial charge in [0.05, 0.1) is 30.7 Å². The molecule has 0 aliphatic carbocycles. The van der Waals surface area contributed by atoms with Gasteiger partial charge in [-0.2, -0.15) is 8.42 Å². The Bertz CT molecular complexity index is 730. The van der Waals surface area contributed by atoms with Crippen molar-refractivity contribution in [1.29, 1.82) is 0 Å². The molecular formula is C13H16ClNO7S. The van der Waals surface area contributed by atoms with Crippen LogP contribution in [0.1, 0.15) is 22.8 Å². The number of anilines is 1. The molecule has 0 atom stereocenters. The van der Waals surface area contributed by atoms with Crippen LogP contribution >= 0.6 is 11.6 Å². The summed E-state index contributed by atoms with van der Waals surface area (Å²) in [6, 6.07) is 1.15. The normalized spacial score (nSPS) is 11.1. The number of halogens is 1. The van der Waals surface area contributed by atoms with Crippen LogP contribution in [0.5, 0.6) is 5.75 Å². The number of hydrogen-bond acceptors (Lipinski definition) is 7. The number of hydrogen-bond donors (Lipinski definition) is 2. The molecule has 1 aromatic carbocycles. The first-order chi connectivity index (χ1) is 10.6. The fourth-order valence-electron chi connectivity index (χ4n) is 1.81. The molecular weight excluding hydrogens is 350 g/mol.